The Bertz CT molecular complexity index is 305. The van der Waals surface area contributed by atoms with Gasteiger partial charge in [-0.15, -0.1) is 0 Å². The van der Waals surface area contributed by atoms with Gasteiger partial charge in [0.05, 0.1) is 5.69 Å². The van der Waals surface area contributed by atoms with Gasteiger partial charge in [-0.2, -0.15) is 0 Å². The minimum absolute atomic E-state index is 0.589. The van der Waals surface area contributed by atoms with Crippen LogP contribution >= 0.6 is 0 Å². The summed E-state index contributed by atoms with van der Waals surface area (Å²) in [6.45, 7) is 6.61. The maximum atomic E-state index is 3.47. The van der Waals surface area contributed by atoms with Gasteiger partial charge in [0.1, 0.15) is 0 Å². The van der Waals surface area contributed by atoms with Crippen LogP contribution in [0.4, 0.5) is 5.69 Å². The molecule has 1 aliphatic rings. The van der Waals surface area contributed by atoms with E-state index < -0.39 is 0 Å². The van der Waals surface area contributed by atoms with Crippen LogP contribution in [0, 0.1) is 6.92 Å². The fourth-order valence-electron chi connectivity index (χ4n) is 2.07. The number of nitrogens with zero attached hydrogens (tertiary/aromatic N) is 1. The minimum Gasteiger partial charge on any atom is -0.305 e. The van der Waals surface area contributed by atoms with Crippen molar-refractivity contribution in [2.75, 3.05) is 5.01 Å². The summed E-state index contributed by atoms with van der Waals surface area (Å²) in [4.78, 5) is 0. The number of nitrogens with one attached hydrogen (secondary N) is 1. The van der Waals surface area contributed by atoms with Crippen LogP contribution in [0.25, 0.3) is 0 Å². The number of anilines is 1. The van der Waals surface area contributed by atoms with E-state index in [0.717, 1.165) is 0 Å². The van der Waals surface area contributed by atoms with Crippen LogP contribution in [0.5, 0.6) is 0 Å². The van der Waals surface area contributed by atoms with Crippen molar-refractivity contribution in [1.82, 2.24) is 5.43 Å². The van der Waals surface area contributed by atoms with E-state index in [-0.39, 0.29) is 0 Å². The number of hydrogen-bond donors (Lipinski definition) is 1. The van der Waals surface area contributed by atoms with Crippen LogP contribution in [-0.2, 0) is 0 Å². The summed E-state index contributed by atoms with van der Waals surface area (Å²) in [7, 11) is 0. The third-order valence-electron chi connectivity index (χ3n) is 2.81. The van der Waals surface area contributed by atoms with Crippen molar-refractivity contribution in [3.63, 3.8) is 0 Å². The lowest BCUT2D eigenvalue weighted by atomic mass is 10.1. The summed E-state index contributed by atoms with van der Waals surface area (Å²) in [6.07, 6.45) is 1.22. The Morgan fingerprint density at radius 3 is 2.36 bits per heavy atom. The molecule has 0 radical (unpaired) electrons. The molecule has 2 nitrogen and oxygen atoms in total. The van der Waals surface area contributed by atoms with Gasteiger partial charge in [0.2, 0.25) is 0 Å². The first-order valence-corrected chi connectivity index (χ1v) is 5.29. The molecule has 0 aliphatic carbocycles. The van der Waals surface area contributed by atoms with E-state index in [1.807, 2.05) is 0 Å². The van der Waals surface area contributed by atoms with Crippen LogP contribution in [0.3, 0.4) is 0 Å². The normalized spacial score (nSPS) is 26.9. The third kappa shape index (κ3) is 1.75. The number of aryl methyl sites for hydroxylation is 1. The second-order valence-corrected chi connectivity index (χ2v) is 4.32. The van der Waals surface area contributed by atoms with E-state index in [9.17, 15) is 0 Å². The molecular formula is C12H18N2. The highest BCUT2D eigenvalue weighted by Gasteiger charge is 2.25. The average Bonchev–Trinajstić information content (AvgIpc) is 2.47. The van der Waals surface area contributed by atoms with E-state index in [4.69, 9.17) is 0 Å². The summed E-state index contributed by atoms with van der Waals surface area (Å²) in [5.74, 6) is 0. The Kier molecular flexibility index (Phi) is 2.46. The monoisotopic (exact) mass is 190 g/mol. The van der Waals surface area contributed by atoms with Gasteiger partial charge in [-0.1, -0.05) is 17.7 Å². The zero-order valence-corrected chi connectivity index (χ0v) is 9.12. The van der Waals surface area contributed by atoms with E-state index in [1.165, 1.54) is 17.7 Å². The molecule has 1 aliphatic heterocycles. The maximum Gasteiger partial charge on any atom is 0.0523 e. The molecule has 0 aromatic heterocycles. The van der Waals surface area contributed by atoms with Gasteiger partial charge in [0.15, 0.2) is 0 Å². The minimum atomic E-state index is 0.589. The Labute approximate surface area is 85.9 Å². The zero-order chi connectivity index (χ0) is 10.1. The van der Waals surface area contributed by atoms with Crippen molar-refractivity contribution in [3.8, 4) is 0 Å². The first-order chi connectivity index (χ1) is 6.66. The molecule has 0 bridgehead atoms. The topological polar surface area (TPSA) is 15.3 Å². The molecule has 1 aromatic carbocycles. The summed E-state index contributed by atoms with van der Waals surface area (Å²) < 4.78 is 0. The highest BCUT2D eigenvalue weighted by molar-refractivity contribution is 5.48. The number of benzene rings is 1. The Morgan fingerprint density at radius 1 is 1.21 bits per heavy atom. The predicted octanol–water partition coefficient (Wildman–Crippen LogP) is 2.49. The number of rotatable bonds is 1. The average molecular weight is 190 g/mol. The molecule has 0 amide bonds. The van der Waals surface area contributed by atoms with E-state index in [2.05, 4.69) is 55.5 Å². The largest absolute Gasteiger partial charge is 0.305 e. The molecule has 76 valence electrons. The summed E-state index contributed by atoms with van der Waals surface area (Å²) in [6, 6.07) is 9.85. The van der Waals surface area contributed by atoms with Gasteiger partial charge in [-0.25, -0.2) is 5.43 Å². The highest BCUT2D eigenvalue weighted by Crippen LogP contribution is 2.22. The van der Waals surface area contributed by atoms with Gasteiger partial charge in [0, 0.05) is 12.1 Å². The number of hydrogen-bond acceptors (Lipinski definition) is 2. The lowest BCUT2D eigenvalue weighted by Crippen LogP contribution is -2.37. The lowest BCUT2D eigenvalue weighted by molar-refractivity contribution is 0.642. The zero-order valence-electron chi connectivity index (χ0n) is 9.12. The Morgan fingerprint density at radius 2 is 1.86 bits per heavy atom. The first kappa shape index (κ1) is 9.53. The van der Waals surface area contributed by atoms with Gasteiger partial charge in [-0.3, -0.25) is 0 Å². The fraction of sp³-hybridized carbons (Fsp3) is 0.500. The van der Waals surface area contributed by atoms with E-state index >= 15 is 0 Å². The molecular weight excluding hydrogens is 172 g/mol. The summed E-state index contributed by atoms with van der Waals surface area (Å²) in [5, 5.41) is 2.27. The second kappa shape index (κ2) is 3.62. The van der Waals surface area contributed by atoms with Crippen molar-refractivity contribution in [1.29, 1.82) is 0 Å². The molecule has 2 rings (SSSR count). The van der Waals surface area contributed by atoms with E-state index in [1.54, 1.807) is 0 Å². The van der Waals surface area contributed by atoms with Crippen LogP contribution in [0.1, 0.15) is 25.8 Å². The van der Waals surface area contributed by atoms with Gasteiger partial charge in [0.25, 0.3) is 0 Å². The first-order valence-electron chi connectivity index (χ1n) is 5.29. The molecule has 1 heterocycles. The molecule has 1 fully saturated rings. The van der Waals surface area contributed by atoms with Crippen molar-refractivity contribution >= 4 is 5.69 Å². The Hall–Kier alpha value is -1.02. The summed E-state index contributed by atoms with van der Waals surface area (Å²) in [5.41, 5.74) is 6.06. The van der Waals surface area contributed by atoms with Crippen LogP contribution in [0.2, 0.25) is 0 Å². The van der Waals surface area contributed by atoms with Gasteiger partial charge < -0.3 is 5.01 Å². The summed E-state index contributed by atoms with van der Waals surface area (Å²) >= 11 is 0. The van der Waals surface area contributed by atoms with Gasteiger partial charge >= 0.3 is 0 Å². The van der Waals surface area contributed by atoms with Crippen LogP contribution < -0.4 is 10.4 Å². The molecule has 1 N–H and O–H groups in total. The SMILES string of the molecule is Cc1ccc(N2NC(C)CC2C)cc1. The fourth-order valence-corrected chi connectivity index (χ4v) is 2.07. The van der Waals surface area contributed by atoms with Crippen molar-refractivity contribution in [2.24, 2.45) is 0 Å². The quantitative estimate of drug-likeness (QED) is 0.732. The van der Waals surface area contributed by atoms with Crippen LogP contribution in [0.15, 0.2) is 24.3 Å². The third-order valence-corrected chi connectivity index (χ3v) is 2.81. The van der Waals surface area contributed by atoms with Crippen molar-refractivity contribution < 1.29 is 0 Å². The molecule has 1 saturated heterocycles. The predicted molar refractivity (Wildman–Crippen MR) is 60.3 cm³/mol. The molecule has 14 heavy (non-hydrogen) atoms. The second-order valence-electron chi connectivity index (χ2n) is 4.32. The molecule has 0 saturated carbocycles. The maximum absolute atomic E-state index is 3.47. The lowest BCUT2D eigenvalue weighted by Gasteiger charge is -2.23. The molecule has 2 unspecified atom stereocenters. The molecule has 2 heteroatoms. The molecule has 1 aromatic rings. The Balaban J connectivity index is 2.19. The molecule has 0 spiro atoms. The number of hydrazine groups is 1. The van der Waals surface area contributed by atoms with Gasteiger partial charge in [-0.05, 0) is 39.3 Å². The molecule has 2 atom stereocenters. The van der Waals surface area contributed by atoms with Crippen LogP contribution in [-0.4, -0.2) is 12.1 Å². The van der Waals surface area contributed by atoms with E-state index in [0.29, 0.717) is 12.1 Å². The highest BCUT2D eigenvalue weighted by atomic mass is 15.6. The smallest absolute Gasteiger partial charge is 0.0523 e. The standard InChI is InChI=1S/C12H18N2/c1-9-4-6-12(7-5-9)14-11(3)8-10(2)13-14/h4-7,10-11,13H,8H2,1-3H3. The van der Waals surface area contributed by atoms with Crippen molar-refractivity contribution in [2.45, 2.75) is 39.3 Å². The van der Waals surface area contributed by atoms with Crippen molar-refractivity contribution in [3.05, 3.63) is 29.8 Å².